The van der Waals surface area contributed by atoms with Gasteiger partial charge in [-0.25, -0.2) is 27.1 Å². The first kappa shape index (κ1) is 29.8. The zero-order valence-corrected chi connectivity index (χ0v) is 18.5. The third-order valence-corrected chi connectivity index (χ3v) is 7.69. The molecule has 0 heterocycles. The molecule has 33 heavy (non-hydrogen) atoms. The van der Waals surface area contributed by atoms with Gasteiger partial charge in [0.1, 0.15) is 9.79 Å². The van der Waals surface area contributed by atoms with E-state index in [1.165, 1.54) is 0 Å². The van der Waals surface area contributed by atoms with Crippen molar-refractivity contribution >= 4 is 59.0 Å². The molecule has 5 N–H and O–H groups in total. The topological polar surface area (TPSA) is 166 Å². The molecule has 0 radical (unpaired) electrons. The molecule has 0 amide bonds. The molecule has 0 aromatic heterocycles. The van der Waals surface area contributed by atoms with Crippen molar-refractivity contribution in [3.63, 3.8) is 0 Å². The average Bonchev–Trinajstić information content (AvgIpc) is 2.55. The summed E-state index contributed by atoms with van der Waals surface area (Å²) < 4.78 is 187. The van der Waals surface area contributed by atoms with Crippen LogP contribution in [0.1, 0.15) is 0 Å². The number of rotatable bonds is 7. The molecule has 0 spiro atoms. The van der Waals surface area contributed by atoms with Crippen molar-refractivity contribution < 1.29 is 64.8 Å². The van der Waals surface area contributed by atoms with Crippen LogP contribution in [0.25, 0.3) is 0 Å². The summed E-state index contributed by atoms with van der Waals surface area (Å²) in [5, 5.41) is -1.06. The molecule has 0 bridgehead atoms. The van der Waals surface area contributed by atoms with E-state index in [0.717, 1.165) is 0 Å². The third kappa shape index (κ3) is 4.93. The van der Waals surface area contributed by atoms with E-state index in [-0.39, 0.29) is 10.8 Å². The lowest BCUT2D eigenvalue weighted by Crippen LogP contribution is -2.64. The minimum absolute atomic E-state index is 0.183. The van der Waals surface area contributed by atoms with Crippen LogP contribution in [0, 0.1) is 0 Å². The molecule has 0 unspecified atom stereocenters. The first-order valence-electron chi connectivity index (χ1n) is 6.94. The van der Waals surface area contributed by atoms with Crippen LogP contribution in [0.2, 0.25) is 10.0 Å². The van der Waals surface area contributed by atoms with Gasteiger partial charge >= 0.3 is 33.3 Å². The predicted molar refractivity (Wildman–Crippen MR) is 92.6 cm³/mol. The van der Waals surface area contributed by atoms with E-state index in [1.807, 2.05) is 0 Å². The molecule has 0 atom stereocenters. The van der Waals surface area contributed by atoms with Crippen LogP contribution in [0.5, 0.6) is 0 Å². The number of hydrogen-bond donors (Lipinski definition) is 3. The van der Waals surface area contributed by atoms with E-state index in [4.69, 9.17) is 23.2 Å². The van der Waals surface area contributed by atoms with Crippen LogP contribution in [0.3, 0.4) is 0 Å². The molecule has 1 rings (SSSR count). The van der Waals surface area contributed by atoms with Gasteiger partial charge in [-0.15, -0.1) is 0 Å². The largest absolute Gasteiger partial charge is 0.460 e. The molecule has 192 valence electrons. The van der Waals surface area contributed by atoms with E-state index < -0.39 is 78.9 Å². The van der Waals surface area contributed by atoms with Gasteiger partial charge in [0.2, 0.25) is 20.0 Å². The van der Waals surface area contributed by atoms with Crippen molar-refractivity contribution in [2.45, 2.75) is 33.1 Å². The van der Waals surface area contributed by atoms with Crippen molar-refractivity contribution in [1.82, 2.24) is 0 Å². The zero-order valence-electron chi connectivity index (χ0n) is 14.6. The zero-order chi connectivity index (χ0) is 26.8. The SMILES string of the molecule is NS(=O)(=O)c1cc(S(N)(=O)=O)c(NS(=O)(=O)C(F)(F)C(F)(F)C(F)(F)C(F)(F)F)c(Cl)c1Cl. The summed E-state index contributed by atoms with van der Waals surface area (Å²) in [7, 11) is -17.8. The number of halogens is 11. The van der Waals surface area contributed by atoms with Crippen molar-refractivity contribution in [1.29, 1.82) is 0 Å². The van der Waals surface area contributed by atoms with E-state index >= 15 is 0 Å². The molecule has 1 aromatic rings. The van der Waals surface area contributed by atoms with Gasteiger partial charge < -0.3 is 0 Å². The van der Waals surface area contributed by atoms with Gasteiger partial charge in [0.15, 0.2) is 0 Å². The van der Waals surface area contributed by atoms with Gasteiger partial charge in [0.05, 0.1) is 15.7 Å². The van der Waals surface area contributed by atoms with Gasteiger partial charge in [-0.1, -0.05) is 23.2 Å². The maximum Gasteiger partial charge on any atom is 0.460 e. The molecule has 0 saturated carbocycles. The number of nitrogens with two attached hydrogens (primary N) is 2. The minimum atomic E-state index is -7.68. The molecule has 0 saturated heterocycles. The van der Waals surface area contributed by atoms with Crippen LogP contribution in [0.4, 0.5) is 45.2 Å². The van der Waals surface area contributed by atoms with E-state index in [1.54, 1.807) is 0 Å². The third-order valence-electron chi connectivity index (χ3n) is 3.44. The Bertz CT molecular complexity index is 1300. The predicted octanol–water partition coefficient (Wildman–Crippen LogP) is 2.46. The van der Waals surface area contributed by atoms with Crippen LogP contribution < -0.4 is 15.0 Å². The normalized spacial score (nSPS) is 14.9. The van der Waals surface area contributed by atoms with Crippen LogP contribution in [-0.4, -0.2) is 48.5 Å². The molecule has 0 aliphatic carbocycles. The number of benzene rings is 1. The Kier molecular flexibility index (Phi) is 7.36. The molecule has 23 heteroatoms. The second-order valence-electron chi connectivity index (χ2n) is 5.73. The summed E-state index contributed by atoms with van der Waals surface area (Å²) in [5.74, 6) is -15.3. The number of nitrogens with one attached hydrogen (secondary N) is 1. The second-order valence-corrected chi connectivity index (χ2v) is 11.3. The highest BCUT2D eigenvalue weighted by Gasteiger charge is 2.85. The highest BCUT2D eigenvalue weighted by molar-refractivity contribution is 7.94. The summed E-state index contributed by atoms with van der Waals surface area (Å²) in [4.78, 5) is -3.28. The van der Waals surface area contributed by atoms with Crippen molar-refractivity contribution in [2.75, 3.05) is 4.72 Å². The lowest BCUT2D eigenvalue weighted by Gasteiger charge is -2.33. The van der Waals surface area contributed by atoms with Crippen molar-refractivity contribution in [3.05, 3.63) is 16.1 Å². The minimum Gasteiger partial charge on any atom is -0.275 e. The molecule has 9 nitrogen and oxygen atoms in total. The van der Waals surface area contributed by atoms with E-state index in [9.17, 15) is 64.8 Å². The van der Waals surface area contributed by atoms with E-state index in [0.29, 0.717) is 0 Å². The first-order chi connectivity index (χ1) is 14.1. The number of sulfonamides is 3. The fraction of sp³-hybridized carbons (Fsp3) is 0.400. The maximum atomic E-state index is 13.9. The fourth-order valence-electron chi connectivity index (χ4n) is 1.84. The maximum absolute atomic E-state index is 13.9. The Balaban J connectivity index is 3.92. The Labute approximate surface area is 187 Å². The van der Waals surface area contributed by atoms with Crippen LogP contribution >= 0.6 is 23.2 Å². The summed E-state index contributed by atoms with van der Waals surface area (Å²) in [6.07, 6.45) is -7.38. The number of alkyl halides is 9. The summed E-state index contributed by atoms with van der Waals surface area (Å²) in [6.45, 7) is 0. The highest BCUT2D eigenvalue weighted by atomic mass is 35.5. The first-order valence-corrected chi connectivity index (χ1v) is 12.3. The Morgan fingerprint density at radius 1 is 0.697 bits per heavy atom. The molecular formula is C10H6Cl2F9N3O6S3. The number of hydrogen-bond acceptors (Lipinski definition) is 6. The second kappa shape index (κ2) is 8.16. The molecule has 0 aliphatic rings. The molecule has 0 fully saturated rings. The van der Waals surface area contributed by atoms with Gasteiger partial charge in [0.25, 0.3) is 0 Å². The standard InChI is InChI=1S/C10H6Cl2F9N3O6S3/c11-4-2(31(22,25)26)1-3(32(23,27)28)6(5(4)12)24-33(29,30)10(20,21)8(15,16)7(13,14)9(17,18)19/h1,24H,(H2,22,25,26)(H2,23,27,28). The molecular weight excluding hydrogens is 596 g/mol. The number of anilines is 1. The summed E-state index contributed by atoms with van der Waals surface area (Å²) >= 11 is 10.8. The van der Waals surface area contributed by atoms with Crippen molar-refractivity contribution in [2.24, 2.45) is 10.3 Å². The van der Waals surface area contributed by atoms with Gasteiger partial charge in [-0.3, -0.25) is 4.72 Å². The molecule has 1 aromatic carbocycles. The Morgan fingerprint density at radius 3 is 1.42 bits per heavy atom. The Morgan fingerprint density at radius 2 is 1.09 bits per heavy atom. The summed E-state index contributed by atoms with van der Waals surface area (Å²) in [6, 6.07) is -0.183. The smallest absolute Gasteiger partial charge is 0.275 e. The Hall–Kier alpha value is -1.26. The van der Waals surface area contributed by atoms with Gasteiger partial charge in [0, 0.05) is 0 Å². The monoisotopic (exact) mass is 601 g/mol. The molecule has 0 aliphatic heterocycles. The van der Waals surface area contributed by atoms with Crippen molar-refractivity contribution in [3.8, 4) is 0 Å². The van der Waals surface area contributed by atoms with Gasteiger partial charge in [-0.05, 0) is 6.07 Å². The van der Waals surface area contributed by atoms with E-state index in [2.05, 4.69) is 10.3 Å². The quantitative estimate of drug-likeness (QED) is 0.406. The average molecular weight is 602 g/mol. The highest BCUT2D eigenvalue weighted by Crippen LogP contribution is 2.55. The van der Waals surface area contributed by atoms with Crippen LogP contribution in [0.15, 0.2) is 15.9 Å². The lowest BCUT2D eigenvalue weighted by atomic mass is 10.1. The lowest BCUT2D eigenvalue weighted by molar-refractivity contribution is -0.382. The fourth-order valence-corrected chi connectivity index (χ4v) is 5.29. The number of primary sulfonamides is 2. The van der Waals surface area contributed by atoms with Gasteiger partial charge in [-0.2, -0.15) is 47.9 Å². The summed E-state index contributed by atoms with van der Waals surface area (Å²) in [5.41, 5.74) is -2.00. The van der Waals surface area contributed by atoms with Crippen LogP contribution in [-0.2, 0) is 30.1 Å².